The van der Waals surface area contributed by atoms with E-state index in [1.807, 2.05) is 0 Å². The highest BCUT2D eigenvalue weighted by molar-refractivity contribution is 5.76. The second-order valence-electron chi connectivity index (χ2n) is 6.41. The van der Waals surface area contributed by atoms with Crippen LogP contribution in [0.4, 0.5) is 0 Å². The van der Waals surface area contributed by atoms with Gasteiger partial charge >= 0.3 is 0 Å². The highest BCUT2D eigenvalue weighted by Crippen LogP contribution is 2.13. The van der Waals surface area contributed by atoms with Crippen molar-refractivity contribution in [3.63, 3.8) is 0 Å². The lowest BCUT2D eigenvalue weighted by Gasteiger charge is -2.34. The number of carbonyl (C=O) groups is 1. The van der Waals surface area contributed by atoms with Gasteiger partial charge in [-0.3, -0.25) is 4.79 Å². The number of hydrogen-bond donors (Lipinski definition) is 1. The minimum Gasteiger partial charge on any atom is -0.341 e. The van der Waals surface area contributed by atoms with Gasteiger partial charge in [0, 0.05) is 25.6 Å². The second-order valence-corrected chi connectivity index (χ2v) is 6.41. The molecule has 1 rings (SSSR count). The average Bonchev–Trinajstić information content (AvgIpc) is 2.28. The molecule has 1 amide bonds. The van der Waals surface area contributed by atoms with Crippen molar-refractivity contribution in [1.29, 1.82) is 0 Å². The van der Waals surface area contributed by atoms with Crippen LogP contribution in [0, 0.1) is 11.8 Å². The van der Waals surface area contributed by atoms with Crippen molar-refractivity contribution in [2.24, 2.45) is 11.8 Å². The van der Waals surface area contributed by atoms with Crippen molar-refractivity contribution < 1.29 is 4.79 Å². The number of likely N-dealkylation sites (tertiary alicyclic amines) is 1. The Morgan fingerprint density at radius 1 is 1.28 bits per heavy atom. The third kappa shape index (κ3) is 5.85. The molecule has 0 aliphatic carbocycles. The maximum Gasteiger partial charge on any atom is 0.222 e. The van der Waals surface area contributed by atoms with Gasteiger partial charge in [-0.15, -0.1) is 0 Å². The smallest absolute Gasteiger partial charge is 0.222 e. The van der Waals surface area contributed by atoms with E-state index < -0.39 is 0 Å². The molecule has 1 atom stereocenters. The summed E-state index contributed by atoms with van der Waals surface area (Å²) in [5.74, 6) is 1.55. The Kier molecular flexibility index (Phi) is 6.69. The molecule has 1 aliphatic heterocycles. The Labute approximate surface area is 112 Å². The van der Waals surface area contributed by atoms with Gasteiger partial charge in [0.05, 0.1) is 0 Å². The monoisotopic (exact) mass is 254 g/mol. The van der Waals surface area contributed by atoms with E-state index in [2.05, 4.69) is 37.9 Å². The molecule has 1 unspecified atom stereocenters. The van der Waals surface area contributed by atoms with Crippen molar-refractivity contribution in [2.45, 2.75) is 59.4 Å². The lowest BCUT2D eigenvalue weighted by molar-refractivity contribution is -0.133. The van der Waals surface area contributed by atoms with Crippen LogP contribution in [-0.4, -0.2) is 36.5 Å². The van der Waals surface area contributed by atoms with Crippen LogP contribution in [0.5, 0.6) is 0 Å². The molecular formula is C15H30N2O. The lowest BCUT2D eigenvalue weighted by atomic mass is 10.0. The first kappa shape index (κ1) is 15.5. The van der Waals surface area contributed by atoms with Crippen LogP contribution in [0.1, 0.15) is 53.4 Å². The van der Waals surface area contributed by atoms with E-state index in [9.17, 15) is 4.79 Å². The van der Waals surface area contributed by atoms with E-state index in [1.165, 1.54) is 12.8 Å². The van der Waals surface area contributed by atoms with Crippen LogP contribution in [0.25, 0.3) is 0 Å². The zero-order valence-electron chi connectivity index (χ0n) is 12.5. The van der Waals surface area contributed by atoms with Crippen molar-refractivity contribution in [3.8, 4) is 0 Å². The molecule has 0 aromatic rings. The zero-order chi connectivity index (χ0) is 13.5. The van der Waals surface area contributed by atoms with Crippen molar-refractivity contribution >= 4 is 5.91 Å². The number of nitrogens with one attached hydrogen (secondary N) is 1. The number of amides is 1. The minimum atomic E-state index is 0.334. The van der Waals surface area contributed by atoms with Crippen molar-refractivity contribution in [1.82, 2.24) is 10.2 Å². The van der Waals surface area contributed by atoms with E-state index >= 15 is 0 Å². The normalized spacial score (nSPS) is 20.8. The first-order valence-electron chi connectivity index (χ1n) is 7.50. The van der Waals surface area contributed by atoms with Crippen LogP contribution >= 0.6 is 0 Å². The molecule has 0 saturated carbocycles. The van der Waals surface area contributed by atoms with Gasteiger partial charge in [-0.25, -0.2) is 0 Å². The molecule has 1 aliphatic rings. The number of hydrogen-bond acceptors (Lipinski definition) is 2. The number of piperidine rings is 1. The standard InChI is InChI=1S/C15H30N2O/c1-12(2)7-8-16-14-6-5-9-17(11-14)15(18)10-13(3)4/h12-14,16H,5-11H2,1-4H3. The fourth-order valence-corrected chi connectivity index (χ4v) is 2.42. The number of nitrogens with zero attached hydrogens (tertiary/aromatic N) is 1. The Morgan fingerprint density at radius 2 is 2.00 bits per heavy atom. The molecule has 3 nitrogen and oxygen atoms in total. The summed E-state index contributed by atoms with van der Waals surface area (Å²) in [6.45, 7) is 11.7. The summed E-state index contributed by atoms with van der Waals surface area (Å²) in [7, 11) is 0. The summed E-state index contributed by atoms with van der Waals surface area (Å²) in [6.07, 6.45) is 4.27. The summed E-state index contributed by atoms with van der Waals surface area (Å²) in [5, 5.41) is 3.60. The molecule has 0 radical (unpaired) electrons. The first-order chi connectivity index (χ1) is 8.49. The fraction of sp³-hybridized carbons (Fsp3) is 0.933. The summed E-state index contributed by atoms with van der Waals surface area (Å²) in [6, 6.07) is 0.508. The van der Waals surface area contributed by atoms with E-state index in [0.717, 1.165) is 32.0 Å². The predicted molar refractivity (Wildman–Crippen MR) is 76.5 cm³/mol. The van der Waals surface area contributed by atoms with Gasteiger partial charge in [-0.1, -0.05) is 27.7 Å². The van der Waals surface area contributed by atoms with Crippen molar-refractivity contribution in [2.75, 3.05) is 19.6 Å². The average molecular weight is 254 g/mol. The van der Waals surface area contributed by atoms with E-state index in [0.29, 0.717) is 24.3 Å². The predicted octanol–water partition coefficient (Wildman–Crippen LogP) is 2.66. The molecule has 0 bridgehead atoms. The summed E-state index contributed by atoms with van der Waals surface area (Å²) in [5.41, 5.74) is 0. The largest absolute Gasteiger partial charge is 0.341 e. The molecule has 1 saturated heterocycles. The van der Waals surface area contributed by atoms with Crippen LogP contribution in [-0.2, 0) is 4.79 Å². The highest BCUT2D eigenvalue weighted by Gasteiger charge is 2.23. The summed E-state index contributed by atoms with van der Waals surface area (Å²) in [4.78, 5) is 14.1. The van der Waals surface area contributed by atoms with Gasteiger partial charge < -0.3 is 10.2 Å². The topological polar surface area (TPSA) is 32.3 Å². The second kappa shape index (κ2) is 7.78. The maximum absolute atomic E-state index is 12.0. The number of carbonyl (C=O) groups excluding carboxylic acids is 1. The molecule has 1 N–H and O–H groups in total. The van der Waals surface area contributed by atoms with E-state index in [4.69, 9.17) is 0 Å². The van der Waals surface area contributed by atoms with E-state index in [1.54, 1.807) is 0 Å². The van der Waals surface area contributed by atoms with Crippen LogP contribution < -0.4 is 5.32 Å². The molecule has 1 heterocycles. The molecule has 0 spiro atoms. The van der Waals surface area contributed by atoms with Gasteiger partial charge in [0.1, 0.15) is 0 Å². The summed E-state index contributed by atoms with van der Waals surface area (Å²) < 4.78 is 0. The van der Waals surface area contributed by atoms with Crippen molar-refractivity contribution in [3.05, 3.63) is 0 Å². The van der Waals surface area contributed by atoms with Gasteiger partial charge in [0.15, 0.2) is 0 Å². The quantitative estimate of drug-likeness (QED) is 0.790. The third-order valence-corrected chi connectivity index (χ3v) is 3.51. The first-order valence-corrected chi connectivity index (χ1v) is 7.50. The van der Waals surface area contributed by atoms with Gasteiger partial charge in [-0.2, -0.15) is 0 Å². The fourth-order valence-electron chi connectivity index (χ4n) is 2.42. The molecule has 0 aromatic heterocycles. The van der Waals surface area contributed by atoms with Gasteiger partial charge in [0.2, 0.25) is 5.91 Å². The Balaban J connectivity index is 2.29. The SMILES string of the molecule is CC(C)CCNC1CCCN(C(=O)CC(C)C)C1. The minimum absolute atomic E-state index is 0.334. The Bertz CT molecular complexity index is 251. The van der Waals surface area contributed by atoms with Crippen LogP contribution in [0.3, 0.4) is 0 Å². The van der Waals surface area contributed by atoms with Gasteiger partial charge in [-0.05, 0) is 37.6 Å². The zero-order valence-corrected chi connectivity index (χ0v) is 12.5. The van der Waals surface area contributed by atoms with Crippen LogP contribution in [0.15, 0.2) is 0 Å². The Hall–Kier alpha value is -0.570. The van der Waals surface area contributed by atoms with E-state index in [-0.39, 0.29) is 0 Å². The maximum atomic E-state index is 12.0. The van der Waals surface area contributed by atoms with Gasteiger partial charge in [0.25, 0.3) is 0 Å². The lowest BCUT2D eigenvalue weighted by Crippen LogP contribution is -2.48. The third-order valence-electron chi connectivity index (χ3n) is 3.51. The molecule has 1 fully saturated rings. The molecule has 18 heavy (non-hydrogen) atoms. The molecule has 3 heteroatoms. The molecular weight excluding hydrogens is 224 g/mol. The molecule has 0 aromatic carbocycles. The van der Waals surface area contributed by atoms with Crippen LogP contribution in [0.2, 0.25) is 0 Å². The Morgan fingerprint density at radius 3 is 2.61 bits per heavy atom. The summed E-state index contributed by atoms with van der Waals surface area (Å²) >= 11 is 0. The molecule has 106 valence electrons. The highest BCUT2D eigenvalue weighted by atomic mass is 16.2. The number of rotatable bonds is 6.